The molecular formula is C21H25N3O2S. The van der Waals surface area contributed by atoms with E-state index in [4.69, 9.17) is 14.5 Å². The molecule has 0 aliphatic carbocycles. The molecule has 0 unspecified atom stereocenters. The summed E-state index contributed by atoms with van der Waals surface area (Å²) in [6, 6.07) is 14.3. The van der Waals surface area contributed by atoms with Crippen molar-refractivity contribution in [2.45, 2.75) is 20.0 Å². The fourth-order valence-electron chi connectivity index (χ4n) is 2.90. The van der Waals surface area contributed by atoms with E-state index >= 15 is 0 Å². The molecule has 2 aromatic carbocycles. The molecule has 142 valence electrons. The lowest BCUT2D eigenvalue weighted by molar-refractivity contribution is 0.301. The lowest BCUT2D eigenvalue weighted by atomic mass is 10.1. The summed E-state index contributed by atoms with van der Waals surface area (Å²) in [4.78, 5) is 6.91. The molecule has 1 heterocycles. The second-order valence-corrected chi connectivity index (χ2v) is 7.32. The Balaban J connectivity index is 1.63. The number of anilines is 2. The van der Waals surface area contributed by atoms with Gasteiger partial charge in [-0.2, -0.15) is 0 Å². The number of aryl methyl sites for hydroxylation is 1. The predicted molar refractivity (Wildman–Crippen MR) is 111 cm³/mol. The summed E-state index contributed by atoms with van der Waals surface area (Å²) in [5.41, 5.74) is 4.43. The second-order valence-electron chi connectivity index (χ2n) is 6.46. The number of hydrogen-bond acceptors (Lipinski definition) is 6. The van der Waals surface area contributed by atoms with Crippen molar-refractivity contribution in [2.24, 2.45) is 0 Å². The molecule has 0 amide bonds. The first-order valence-electron chi connectivity index (χ1n) is 8.75. The van der Waals surface area contributed by atoms with E-state index in [0.29, 0.717) is 0 Å². The molecule has 0 spiro atoms. The van der Waals surface area contributed by atoms with Gasteiger partial charge in [0.1, 0.15) is 0 Å². The van der Waals surface area contributed by atoms with E-state index < -0.39 is 0 Å². The van der Waals surface area contributed by atoms with Gasteiger partial charge in [0.15, 0.2) is 16.6 Å². The molecule has 6 heteroatoms. The Labute approximate surface area is 164 Å². The zero-order valence-corrected chi connectivity index (χ0v) is 17.0. The van der Waals surface area contributed by atoms with Crippen LogP contribution < -0.4 is 14.8 Å². The van der Waals surface area contributed by atoms with Gasteiger partial charge in [-0.15, -0.1) is 11.3 Å². The minimum Gasteiger partial charge on any atom is -0.493 e. The number of methoxy groups -OCH3 is 2. The Morgan fingerprint density at radius 3 is 2.52 bits per heavy atom. The summed E-state index contributed by atoms with van der Waals surface area (Å²) in [5.74, 6) is 1.54. The highest BCUT2D eigenvalue weighted by atomic mass is 32.1. The molecule has 0 saturated carbocycles. The highest BCUT2D eigenvalue weighted by Gasteiger charge is 2.12. The first-order valence-corrected chi connectivity index (χ1v) is 9.63. The van der Waals surface area contributed by atoms with Crippen LogP contribution >= 0.6 is 11.3 Å². The Bertz CT molecular complexity index is 877. The van der Waals surface area contributed by atoms with Crippen molar-refractivity contribution in [1.82, 2.24) is 9.88 Å². The third kappa shape index (κ3) is 4.99. The van der Waals surface area contributed by atoms with Gasteiger partial charge in [0, 0.05) is 29.7 Å². The maximum Gasteiger partial charge on any atom is 0.187 e. The van der Waals surface area contributed by atoms with Gasteiger partial charge in [0.2, 0.25) is 0 Å². The average Bonchev–Trinajstić information content (AvgIpc) is 3.10. The average molecular weight is 384 g/mol. The van der Waals surface area contributed by atoms with Crippen molar-refractivity contribution < 1.29 is 9.47 Å². The highest BCUT2D eigenvalue weighted by Crippen LogP contribution is 2.31. The topological polar surface area (TPSA) is 46.6 Å². The van der Waals surface area contributed by atoms with Crippen molar-refractivity contribution in [3.8, 4) is 11.5 Å². The van der Waals surface area contributed by atoms with Crippen LogP contribution in [0.3, 0.4) is 0 Å². The number of nitrogens with one attached hydrogen (secondary N) is 1. The lowest BCUT2D eigenvalue weighted by Crippen LogP contribution is -2.18. The maximum absolute atomic E-state index is 5.52. The third-order valence-electron chi connectivity index (χ3n) is 4.21. The fraction of sp³-hybridized carbons (Fsp3) is 0.286. The van der Waals surface area contributed by atoms with E-state index in [0.717, 1.165) is 46.7 Å². The third-order valence-corrected chi connectivity index (χ3v) is 5.02. The molecule has 27 heavy (non-hydrogen) atoms. The standard InChI is InChI=1S/C21H25N3O2S/c1-15-8-10-17(11-9-15)22-21-23-18(14-27-21)13-24(2)12-16-6-5-7-19(25-3)20(16)26-4/h5-11,14H,12-13H2,1-4H3,(H,22,23). The van der Waals surface area contributed by atoms with E-state index in [9.17, 15) is 0 Å². The van der Waals surface area contributed by atoms with Gasteiger partial charge in [-0.1, -0.05) is 29.8 Å². The Morgan fingerprint density at radius 1 is 1.04 bits per heavy atom. The van der Waals surface area contributed by atoms with Gasteiger partial charge < -0.3 is 14.8 Å². The zero-order valence-electron chi connectivity index (χ0n) is 16.2. The molecule has 0 fully saturated rings. The fourth-order valence-corrected chi connectivity index (χ4v) is 3.62. The van der Waals surface area contributed by atoms with Crippen molar-refractivity contribution in [1.29, 1.82) is 0 Å². The van der Waals surface area contributed by atoms with Crippen LogP contribution in [-0.4, -0.2) is 31.2 Å². The van der Waals surface area contributed by atoms with Crippen molar-refractivity contribution in [3.05, 3.63) is 64.7 Å². The summed E-state index contributed by atoms with van der Waals surface area (Å²) < 4.78 is 10.9. The molecule has 0 saturated heterocycles. The first kappa shape index (κ1) is 19.2. The normalized spacial score (nSPS) is 10.9. The summed E-state index contributed by atoms with van der Waals surface area (Å²) >= 11 is 1.62. The zero-order chi connectivity index (χ0) is 19.2. The lowest BCUT2D eigenvalue weighted by Gasteiger charge is -2.18. The quantitative estimate of drug-likeness (QED) is 0.603. The monoisotopic (exact) mass is 383 g/mol. The van der Waals surface area contributed by atoms with Crippen LogP contribution in [0.5, 0.6) is 11.5 Å². The van der Waals surface area contributed by atoms with Gasteiger partial charge in [0.25, 0.3) is 0 Å². The van der Waals surface area contributed by atoms with E-state index in [-0.39, 0.29) is 0 Å². The second kappa shape index (κ2) is 8.88. The molecular weight excluding hydrogens is 358 g/mol. The van der Waals surface area contributed by atoms with Gasteiger partial charge in [0.05, 0.1) is 19.9 Å². The number of benzene rings is 2. The molecule has 1 aromatic heterocycles. The first-order chi connectivity index (χ1) is 13.1. The maximum atomic E-state index is 5.52. The van der Waals surface area contributed by atoms with Crippen molar-refractivity contribution >= 4 is 22.2 Å². The van der Waals surface area contributed by atoms with Crippen LogP contribution in [0.25, 0.3) is 0 Å². The van der Waals surface area contributed by atoms with E-state index in [1.54, 1.807) is 25.6 Å². The predicted octanol–water partition coefficient (Wildman–Crippen LogP) is 4.84. The largest absolute Gasteiger partial charge is 0.493 e. The number of nitrogens with zero attached hydrogens (tertiary/aromatic N) is 2. The molecule has 1 N–H and O–H groups in total. The molecule has 0 radical (unpaired) electrons. The van der Waals surface area contributed by atoms with E-state index in [1.165, 1.54) is 5.56 Å². The van der Waals surface area contributed by atoms with Crippen molar-refractivity contribution in [2.75, 3.05) is 26.6 Å². The Hall–Kier alpha value is -2.57. The number of hydrogen-bond donors (Lipinski definition) is 1. The van der Waals surface area contributed by atoms with Crippen LogP contribution in [0.1, 0.15) is 16.8 Å². The summed E-state index contributed by atoms with van der Waals surface area (Å²) in [6.45, 7) is 3.59. The minimum atomic E-state index is 0.749. The van der Waals surface area contributed by atoms with Crippen LogP contribution in [0.4, 0.5) is 10.8 Å². The molecule has 5 nitrogen and oxygen atoms in total. The Kier molecular flexibility index (Phi) is 6.32. The van der Waals surface area contributed by atoms with Crippen molar-refractivity contribution in [3.63, 3.8) is 0 Å². The Morgan fingerprint density at radius 2 is 1.81 bits per heavy atom. The number of ether oxygens (including phenoxy) is 2. The van der Waals surface area contributed by atoms with E-state index in [2.05, 4.69) is 59.9 Å². The van der Waals surface area contributed by atoms with Gasteiger partial charge >= 0.3 is 0 Å². The smallest absolute Gasteiger partial charge is 0.187 e. The van der Waals surface area contributed by atoms with Crippen LogP contribution in [0.15, 0.2) is 47.8 Å². The SMILES string of the molecule is COc1cccc(CN(C)Cc2csc(Nc3ccc(C)cc3)n2)c1OC. The number of rotatable bonds is 8. The molecule has 3 rings (SSSR count). The van der Waals surface area contributed by atoms with Crippen LogP contribution in [0, 0.1) is 6.92 Å². The molecule has 0 aliphatic rings. The summed E-state index contributed by atoms with van der Waals surface area (Å²) in [5, 5.41) is 6.36. The summed E-state index contributed by atoms with van der Waals surface area (Å²) in [6.07, 6.45) is 0. The number of aromatic nitrogens is 1. The van der Waals surface area contributed by atoms with Gasteiger partial charge in [-0.05, 0) is 32.2 Å². The number of para-hydroxylation sites is 1. The number of thiazole rings is 1. The molecule has 0 bridgehead atoms. The van der Waals surface area contributed by atoms with Crippen LogP contribution in [-0.2, 0) is 13.1 Å². The molecule has 3 aromatic rings. The van der Waals surface area contributed by atoms with Crippen LogP contribution in [0.2, 0.25) is 0 Å². The van der Waals surface area contributed by atoms with Gasteiger partial charge in [-0.25, -0.2) is 4.98 Å². The van der Waals surface area contributed by atoms with E-state index in [1.807, 2.05) is 12.1 Å². The minimum absolute atomic E-state index is 0.749. The highest BCUT2D eigenvalue weighted by molar-refractivity contribution is 7.13. The molecule has 0 atom stereocenters. The summed E-state index contributed by atoms with van der Waals surface area (Å²) in [7, 11) is 5.40. The van der Waals surface area contributed by atoms with Gasteiger partial charge in [-0.3, -0.25) is 4.90 Å². The molecule has 0 aliphatic heterocycles.